The zero-order chi connectivity index (χ0) is 18.4. The number of nitrogens with zero attached hydrogens (tertiary/aromatic N) is 5. The van der Waals surface area contributed by atoms with Crippen LogP contribution in [0.4, 0.5) is 5.69 Å². The molecule has 0 bridgehead atoms. The Labute approximate surface area is 152 Å². The van der Waals surface area contributed by atoms with Gasteiger partial charge in [-0.15, -0.1) is 5.10 Å². The molecular weight excluding hydrogens is 360 g/mol. The van der Waals surface area contributed by atoms with Crippen molar-refractivity contribution in [2.75, 3.05) is 5.32 Å². The predicted octanol–water partition coefficient (Wildman–Crippen LogP) is 1.72. The number of amides is 1. The molecule has 0 unspecified atom stereocenters. The average molecular weight is 373 g/mol. The minimum absolute atomic E-state index is 0.0376. The van der Waals surface area contributed by atoms with E-state index in [2.05, 4.69) is 25.8 Å². The van der Waals surface area contributed by atoms with E-state index in [0.717, 1.165) is 0 Å². The van der Waals surface area contributed by atoms with Crippen molar-refractivity contribution in [2.24, 2.45) is 0 Å². The minimum Gasteiger partial charge on any atom is -0.457 e. The standard InChI is InChI=1S/C16H13ClN6O3/c17-14-6-5-11(7-18-14)9-26-16(25)12-3-1-2-4-13(12)20-15(24)8-23-10-19-21-22-23/h1-7,10H,8-9H2,(H,20,24). The molecule has 3 rings (SSSR count). The average Bonchev–Trinajstić information content (AvgIpc) is 3.14. The SMILES string of the molecule is O=C(Cn1cnnn1)Nc1ccccc1C(=O)OCc1ccc(Cl)nc1. The Kier molecular flexibility index (Phi) is 5.49. The van der Waals surface area contributed by atoms with E-state index in [0.29, 0.717) is 16.4 Å². The topological polar surface area (TPSA) is 112 Å². The second-order valence-electron chi connectivity index (χ2n) is 5.17. The van der Waals surface area contributed by atoms with E-state index >= 15 is 0 Å². The number of para-hydroxylation sites is 1. The number of halogens is 1. The molecule has 0 saturated heterocycles. The lowest BCUT2D eigenvalue weighted by molar-refractivity contribution is -0.116. The molecule has 0 saturated carbocycles. The highest BCUT2D eigenvalue weighted by Crippen LogP contribution is 2.17. The highest BCUT2D eigenvalue weighted by Gasteiger charge is 2.15. The smallest absolute Gasteiger partial charge is 0.340 e. The first-order valence-corrected chi connectivity index (χ1v) is 7.87. The molecule has 0 aliphatic carbocycles. The van der Waals surface area contributed by atoms with Gasteiger partial charge in [-0.2, -0.15) is 0 Å². The normalized spacial score (nSPS) is 10.3. The van der Waals surface area contributed by atoms with Gasteiger partial charge in [0, 0.05) is 11.8 Å². The summed E-state index contributed by atoms with van der Waals surface area (Å²) in [6.07, 6.45) is 2.84. The van der Waals surface area contributed by atoms with Gasteiger partial charge in [0.25, 0.3) is 0 Å². The third kappa shape index (κ3) is 4.61. The molecule has 0 atom stereocenters. The first-order valence-electron chi connectivity index (χ1n) is 7.49. The summed E-state index contributed by atoms with van der Waals surface area (Å²) in [7, 11) is 0. The molecule has 132 valence electrons. The van der Waals surface area contributed by atoms with Crippen molar-refractivity contribution in [1.29, 1.82) is 0 Å². The third-order valence-electron chi connectivity index (χ3n) is 3.28. The highest BCUT2D eigenvalue weighted by atomic mass is 35.5. The largest absolute Gasteiger partial charge is 0.457 e. The Bertz CT molecular complexity index is 899. The lowest BCUT2D eigenvalue weighted by Gasteiger charge is -2.11. The maximum atomic E-state index is 12.3. The fourth-order valence-corrected chi connectivity index (χ4v) is 2.19. The molecule has 2 aromatic heterocycles. The summed E-state index contributed by atoms with van der Waals surface area (Å²) in [6, 6.07) is 9.87. The van der Waals surface area contributed by atoms with Crippen molar-refractivity contribution in [1.82, 2.24) is 25.2 Å². The Hall–Kier alpha value is -3.33. The van der Waals surface area contributed by atoms with E-state index in [1.54, 1.807) is 36.4 Å². The molecular formula is C16H13ClN6O3. The molecule has 1 N–H and O–H groups in total. The van der Waals surface area contributed by atoms with Gasteiger partial charge in [-0.1, -0.05) is 29.8 Å². The molecule has 2 heterocycles. The summed E-state index contributed by atoms with van der Waals surface area (Å²) < 4.78 is 6.54. The van der Waals surface area contributed by atoms with Crippen molar-refractivity contribution >= 4 is 29.2 Å². The number of benzene rings is 1. The van der Waals surface area contributed by atoms with Crippen LogP contribution in [0.5, 0.6) is 0 Å². The molecule has 0 radical (unpaired) electrons. The number of ether oxygens (including phenoxy) is 1. The predicted molar refractivity (Wildman–Crippen MR) is 91.3 cm³/mol. The van der Waals surface area contributed by atoms with Crippen LogP contribution in [0.3, 0.4) is 0 Å². The molecule has 3 aromatic rings. The van der Waals surface area contributed by atoms with Crippen LogP contribution in [-0.2, 0) is 22.7 Å². The number of pyridine rings is 1. The number of rotatable bonds is 6. The van der Waals surface area contributed by atoms with Gasteiger partial charge in [-0.05, 0) is 28.6 Å². The van der Waals surface area contributed by atoms with E-state index in [1.807, 2.05) is 0 Å². The summed E-state index contributed by atoms with van der Waals surface area (Å²) in [4.78, 5) is 28.3. The second kappa shape index (κ2) is 8.17. The van der Waals surface area contributed by atoms with Gasteiger partial charge >= 0.3 is 5.97 Å². The molecule has 0 aliphatic rings. The maximum Gasteiger partial charge on any atom is 0.340 e. The zero-order valence-electron chi connectivity index (χ0n) is 13.4. The number of hydrogen-bond acceptors (Lipinski definition) is 7. The van der Waals surface area contributed by atoms with Crippen molar-refractivity contribution < 1.29 is 14.3 Å². The Balaban J connectivity index is 1.64. The van der Waals surface area contributed by atoms with Gasteiger partial charge in [0.05, 0.1) is 11.3 Å². The van der Waals surface area contributed by atoms with Gasteiger partial charge in [0.15, 0.2) is 0 Å². The molecule has 9 nitrogen and oxygen atoms in total. The van der Waals surface area contributed by atoms with Crippen molar-refractivity contribution in [3.63, 3.8) is 0 Å². The summed E-state index contributed by atoms with van der Waals surface area (Å²) in [5.74, 6) is -0.947. The number of carbonyl (C=O) groups is 2. The van der Waals surface area contributed by atoms with Gasteiger partial charge < -0.3 is 10.1 Å². The first kappa shape index (κ1) is 17.5. The number of aromatic nitrogens is 5. The van der Waals surface area contributed by atoms with Crippen LogP contribution in [0, 0.1) is 0 Å². The van der Waals surface area contributed by atoms with Gasteiger partial charge in [0.2, 0.25) is 5.91 Å². The van der Waals surface area contributed by atoms with Crippen molar-refractivity contribution in [3.8, 4) is 0 Å². The second-order valence-corrected chi connectivity index (χ2v) is 5.55. The number of nitrogens with one attached hydrogen (secondary N) is 1. The minimum atomic E-state index is -0.571. The molecule has 0 spiro atoms. The number of esters is 1. The van der Waals surface area contributed by atoms with Gasteiger partial charge in [-0.3, -0.25) is 4.79 Å². The number of anilines is 1. The van der Waals surface area contributed by atoms with Crippen LogP contribution in [0.15, 0.2) is 48.9 Å². The van der Waals surface area contributed by atoms with Crippen LogP contribution in [0.25, 0.3) is 0 Å². The van der Waals surface area contributed by atoms with Crippen LogP contribution in [-0.4, -0.2) is 37.1 Å². The number of carbonyl (C=O) groups excluding carboxylic acids is 2. The van der Waals surface area contributed by atoms with Crippen molar-refractivity contribution in [2.45, 2.75) is 13.2 Å². The quantitative estimate of drug-likeness (QED) is 0.517. The highest BCUT2D eigenvalue weighted by molar-refractivity contribution is 6.29. The van der Waals surface area contributed by atoms with E-state index in [1.165, 1.54) is 17.2 Å². The maximum absolute atomic E-state index is 12.3. The van der Waals surface area contributed by atoms with E-state index in [9.17, 15) is 9.59 Å². The first-order chi connectivity index (χ1) is 12.6. The molecule has 0 aliphatic heterocycles. The van der Waals surface area contributed by atoms with Crippen LogP contribution >= 0.6 is 11.6 Å². The number of hydrogen-bond donors (Lipinski definition) is 1. The lowest BCUT2D eigenvalue weighted by Crippen LogP contribution is -2.21. The van der Waals surface area contributed by atoms with Crippen LogP contribution in [0.1, 0.15) is 15.9 Å². The Morgan fingerprint density at radius 3 is 2.77 bits per heavy atom. The summed E-state index contributed by atoms with van der Waals surface area (Å²) in [6.45, 7) is -0.0390. The Morgan fingerprint density at radius 2 is 2.04 bits per heavy atom. The lowest BCUT2D eigenvalue weighted by atomic mass is 10.2. The van der Waals surface area contributed by atoms with E-state index in [-0.39, 0.29) is 24.6 Å². The molecule has 26 heavy (non-hydrogen) atoms. The fraction of sp³-hybridized carbons (Fsp3) is 0.125. The summed E-state index contributed by atoms with van der Waals surface area (Å²) in [5, 5.41) is 13.5. The van der Waals surface area contributed by atoms with Crippen molar-refractivity contribution in [3.05, 3.63) is 65.2 Å². The van der Waals surface area contributed by atoms with E-state index in [4.69, 9.17) is 16.3 Å². The third-order valence-corrected chi connectivity index (χ3v) is 3.50. The van der Waals surface area contributed by atoms with Crippen LogP contribution in [0.2, 0.25) is 5.15 Å². The fourth-order valence-electron chi connectivity index (χ4n) is 2.08. The monoisotopic (exact) mass is 372 g/mol. The number of tetrazole rings is 1. The van der Waals surface area contributed by atoms with Gasteiger partial charge in [-0.25, -0.2) is 14.5 Å². The molecule has 0 fully saturated rings. The Morgan fingerprint density at radius 1 is 1.19 bits per heavy atom. The van der Waals surface area contributed by atoms with Gasteiger partial charge in [0.1, 0.15) is 24.6 Å². The van der Waals surface area contributed by atoms with Crippen LogP contribution < -0.4 is 5.32 Å². The molecule has 1 amide bonds. The molecule has 10 heteroatoms. The summed E-state index contributed by atoms with van der Waals surface area (Å²) in [5.41, 5.74) is 1.27. The zero-order valence-corrected chi connectivity index (χ0v) is 14.1. The molecule has 1 aromatic carbocycles. The van der Waals surface area contributed by atoms with E-state index < -0.39 is 5.97 Å². The summed E-state index contributed by atoms with van der Waals surface area (Å²) >= 11 is 5.72.